The van der Waals surface area contributed by atoms with E-state index in [-0.39, 0.29) is 0 Å². The number of nitrogens with one attached hydrogen (secondary N) is 2. The second-order valence-electron chi connectivity index (χ2n) is 6.55. The summed E-state index contributed by atoms with van der Waals surface area (Å²) in [5.41, 5.74) is 0. The molecule has 5 heteroatoms. The van der Waals surface area contributed by atoms with Crippen LogP contribution in [0.15, 0.2) is 0 Å². The molecule has 4 nitrogen and oxygen atoms in total. The summed E-state index contributed by atoms with van der Waals surface area (Å²) in [6.45, 7) is 2.00. The first-order chi connectivity index (χ1) is 9.56. The van der Waals surface area contributed by atoms with Gasteiger partial charge in [0.1, 0.15) is 9.84 Å². The molecule has 3 unspecified atom stereocenters. The highest BCUT2D eigenvalue weighted by molar-refractivity contribution is 7.90. The van der Waals surface area contributed by atoms with Crippen molar-refractivity contribution in [2.24, 2.45) is 5.92 Å². The maximum Gasteiger partial charge on any atom is 0.147 e. The highest BCUT2D eigenvalue weighted by Gasteiger charge is 2.31. The summed E-state index contributed by atoms with van der Waals surface area (Å²) >= 11 is 0. The third-order valence-corrected chi connectivity index (χ3v) is 5.81. The topological polar surface area (TPSA) is 58.2 Å². The maximum atomic E-state index is 11.2. The minimum absolute atomic E-state index is 0.305. The summed E-state index contributed by atoms with van der Waals surface area (Å²) in [5, 5.41) is 7.33. The smallest absolute Gasteiger partial charge is 0.147 e. The molecule has 1 aliphatic heterocycles. The molecule has 1 saturated heterocycles. The Morgan fingerprint density at radius 3 is 2.55 bits per heavy atom. The van der Waals surface area contributed by atoms with Crippen LogP contribution >= 0.6 is 0 Å². The van der Waals surface area contributed by atoms with Crippen LogP contribution in [0, 0.1) is 5.92 Å². The molecule has 3 atom stereocenters. The van der Waals surface area contributed by atoms with Gasteiger partial charge in [0, 0.05) is 18.3 Å². The quantitative estimate of drug-likeness (QED) is 0.734. The lowest BCUT2D eigenvalue weighted by Crippen LogP contribution is -2.50. The molecular weight excluding hydrogens is 272 g/mol. The molecule has 0 aromatic carbocycles. The molecule has 0 aromatic rings. The van der Waals surface area contributed by atoms with Gasteiger partial charge in [-0.05, 0) is 51.1 Å². The Morgan fingerprint density at radius 1 is 1.10 bits per heavy atom. The van der Waals surface area contributed by atoms with Gasteiger partial charge in [-0.2, -0.15) is 0 Å². The Bertz CT molecular complexity index is 377. The van der Waals surface area contributed by atoms with Crippen LogP contribution in [0.1, 0.15) is 51.4 Å². The van der Waals surface area contributed by atoms with E-state index in [0.717, 1.165) is 18.9 Å². The first kappa shape index (κ1) is 16.2. The number of piperidine rings is 1. The number of hydrogen-bond acceptors (Lipinski definition) is 4. The van der Waals surface area contributed by atoms with Crippen molar-refractivity contribution < 1.29 is 8.42 Å². The lowest BCUT2D eigenvalue weighted by atomic mass is 9.77. The fourth-order valence-corrected chi connectivity index (χ4v) is 4.43. The SMILES string of the molecule is CS(=O)(=O)CCCNC1CCCCC1C1CCCCN1. The first-order valence-corrected chi connectivity index (χ1v) is 10.3. The Morgan fingerprint density at radius 2 is 1.85 bits per heavy atom. The molecule has 0 bridgehead atoms. The first-order valence-electron chi connectivity index (χ1n) is 8.21. The molecule has 2 aliphatic rings. The Kier molecular flexibility index (Phi) is 6.30. The average molecular weight is 302 g/mol. The molecular formula is C15H30N2O2S. The standard InChI is InChI=1S/C15H30N2O2S/c1-20(18,19)12-6-11-17-14-8-3-2-7-13(14)15-9-4-5-10-16-15/h13-17H,2-12H2,1H3. The highest BCUT2D eigenvalue weighted by atomic mass is 32.2. The van der Waals surface area contributed by atoms with Crippen molar-refractivity contribution in [1.29, 1.82) is 0 Å². The van der Waals surface area contributed by atoms with Crippen LogP contribution in [0.5, 0.6) is 0 Å². The highest BCUT2D eigenvalue weighted by Crippen LogP contribution is 2.30. The summed E-state index contributed by atoms with van der Waals surface area (Å²) in [4.78, 5) is 0. The zero-order chi connectivity index (χ0) is 14.4. The van der Waals surface area contributed by atoms with Crippen LogP contribution in [-0.4, -0.2) is 45.6 Å². The molecule has 2 fully saturated rings. The molecule has 0 radical (unpaired) electrons. The third-order valence-electron chi connectivity index (χ3n) is 4.78. The van der Waals surface area contributed by atoms with Crippen LogP contribution < -0.4 is 10.6 Å². The van der Waals surface area contributed by atoms with Crippen molar-refractivity contribution in [2.45, 2.75) is 63.5 Å². The van der Waals surface area contributed by atoms with E-state index in [1.54, 1.807) is 0 Å². The molecule has 2 N–H and O–H groups in total. The fraction of sp³-hybridized carbons (Fsp3) is 1.00. The summed E-state index contributed by atoms with van der Waals surface area (Å²) < 4.78 is 22.3. The maximum absolute atomic E-state index is 11.2. The number of rotatable bonds is 6. The number of sulfone groups is 1. The zero-order valence-corrected chi connectivity index (χ0v) is 13.6. The molecule has 118 valence electrons. The lowest BCUT2D eigenvalue weighted by molar-refractivity contribution is 0.182. The van der Waals surface area contributed by atoms with E-state index in [4.69, 9.17) is 0 Å². The van der Waals surface area contributed by atoms with Gasteiger partial charge >= 0.3 is 0 Å². The van der Waals surface area contributed by atoms with Crippen molar-refractivity contribution in [3.05, 3.63) is 0 Å². The van der Waals surface area contributed by atoms with Crippen LogP contribution in [0.25, 0.3) is 0 Å². The van der Waals surface area contributed by atoms with Crippen LogP contribution in [0.4, 0.5) is 0 Å². The zero-order valence-electron chi connectivity index (χ0n) is 12.7. The third kappa shape index (κ3) is 5.34. The average Bonchev–Trinajstić information content (AvgIpc) is 2.44. The Hall–Kier alpha value is -0.130. The Balaban J connectivity index is 1.77. The summed E-state index contributed by atoms with van der Waals surface area (Å²) in [6, 6.07) is 1.26. The van der Waals surface area contributed by atoms with Gasteiger partial charge in [-0.25, -0.2) is 8.42 Å². The number of hydrogen-bond donors (Lipinski definition) is 2. The molecule has 0 spiro atoms. The van der Waals surface area contributed by atoms with Gasteiger partial charge in [-0.15, -0.1) is 0 Å². The summed E-state index contributed by atoms with van der Waals surface area (Å²) in [5.74, 6) is 1.04. The van der Waals surface area contributed by atoms with E-state index in [2.05, 4.69) is 10.6 Å². The van der Waals surface area contributed by atoms with Gasteiger partial charge in [0.2, 0.25) is 0 Å². The lowest BCUT2D eigenvalue weighted by Gasteiger charge is -2.40. The second kappa shape index (κ2) is 7.76. The van der Waals surface area contributed by atoms with E-state index >= 15 is 0 Å². The molecule has 1 heterocycles. The van der Waals surface area contributed by atoms with E-state index in [0.29, 0.717) is 17.8 Å². The van der Waals surface area contributed by atoms with Crippen LogP contribution in [0.3, 0.4) is 0 Å². The van der Waals surface area contributed by atoms with E-state index < -0.39 is 9.84 Å². The van der Waals surface area contributed by atoms with Gasteiger partial charge < -0.3 is 10.6 Å². The van der Waals surface area contributed by atoms with Gasteiger partial charge in [0.25, 0.3) is 0 Å². The largest absolute Gasteiger partial charge is 0.314 e. The van der Waals surface area contributed by atoms with Gasteiger partial charge in [0.05, 0.1) is 5.75 Å². The Labute approximate surface area is 124 Å². The van der Waals surface area contributed by atoms with Crippen molar-refractivity contribution in [3.8, 4) is 0 Å². The normalized spacial score (nSPS) is 32.1. The van der Waals surface area contributed by atoms with Crippen molar-refractivity contribution in [1.82, 2.24) is 10.6 Å². The monoisotopic (exact) mass is 302 g/mol. The fourth-order valence-electron chi connectivity index (χ4n) is 3.76. The summed E-state index contributed by atoms with van der Waals surface area (Å²) in [6.07, 6.45) is 11.3. The minimum atomic E-state index is -2.81. The summed E-state index contributed by atoms with van der Waals surface area (Å²) in [7, 11) is -2.81. The minimum Gasteiger partial charge on any atom is -0.314 e. The molecule has 0 aromatic heterocycles. The molecule has 1 aliphatic carbocycles. The van der Waals surface area contributed by atoms with E-state index in [1.807, 2.05) is 0 Å². The van der Waals surface area contributed by atoms with E-state index in [9.17, 15) is 8.42 Å². The van der Waals surface area contributed by atoms with Crippen LogP contribution in [0.2, 0.25) is 0 Å². The van der Waals surface area contributed by atoms with Crippen molar-refractivity contribution >= 4 is 9.84 Å². The van der Waals surface area contributed by atoms with Crippen molar-refractivity contribution in [2.75, 3.05) is 25.1 Å². The molecule has 2 rings (SSSR count). The van der Waals surface area contributed by atoms with Gasteiger partial charge in [0.15, 0.2) is 0 Å². The molecule has 1 saturated carbocycles. The second-order valence-corrected chi connectivity index (χ2v) is 8.81. The van der Waals surface area contributed by atoms with Crippen molar-refractivity contribution in [3.63, 3.8) is 0 Å². The van der Waals surface area contributed by atoms with Gasteiger partial charge in [-0.1, -0.05) is 19.3 Å². The van der Waals surface area contributed by atoms with Crippen LogP contribution in [-0.2, 0) is 9.84 Å². The predicted octanol–water partition coefficient (Wildman–Crippen LogP) is 1.71. The molecule has 0 amide bonds. The predicted molar refractivity (Wildman–Crippen MR) is 83.7 cm³/mol. The van der Waals surface area contributed by atoms with Gasteiger partial charge in [-0.3, -0.25) is 0 Å². The molecule has 20 heavy (non-hydrogen) atoms. The van der Waals surface area contributed by atoms with E-state index in [1.165, 1.54) is 57.7 Å².